The van der Waals surface area contributed by atoms with Crippen LogP contribution in [-0.4, -0.2) is 16.1 Å². The van der Waals surface area contributed by atoms with Gasteiger partial charge >= 0.3 is 5.97 Å². The van der Waals surface area contributed by atoms with E-state index in [0.29, 0.717) is 10.7 Å². The second-order valence-corrected chi connectivity index (χ2v) is 4.64. The Balaban J connectivity index is 2.40. The smallest absolute Gasteiger partial charge is 0.337 e. The number of carbonyl (C=O) groups is 1. The lowest BCUT2D eigenvalue weighted by Gasteiger charge is -2.12. The van der Waals surface area contributed by atoms with Crippen molar-refractivity contribution in [1.29, 1.82) is 0 Å². The lowest BCUT2D eigenvalue weighted by atomic mass is 10.1. The Bertz CT molecular complexity index is 641. The van der Waals surface area contributed by atoms with Gasteiger partial charge in [-0.25, -0.2) is 4.79 Å². The molecule has 2 rings (SSSR count). The molecule has 0 unspecified atom stereocenters. The quantitative estimate of drug-likeness (QED) is 0.895. The van der Waals surface area contributed by atoms with E-state index in [1.165, 1.54) is 6.07 Å². The summed E-state index contributed by atoms with van der Waals surface area (Å²) in [5, 5.41) is 12.6. The minimum atomic E-state index is -1.03. The van der Waals surface area contributed by atoms with E-state index in [4.69, 9.17) is 16.7 Å². The topological polar surface area (TPSA) is 62.2 Å². The number of benzene rings is 1. The summed E-state index contributed by atoms with van der Waals surface area (Å²) in [6.07, 6.45) is 0. The first-order valence-electron chi connectivity index (χ1n) is 5.71. The minimum Gasteiger partial charge on any atom is -0.478 e. The largest absolute Gasteiger partial charge is 0.478 e. The number of pyridine rings is 1. The summed E-state index contributed by atoms with van der Waals surface area (Å²) in [4.78, 5) is 15.5. The average Bonchev–Trinajstić information content (AvgIpc) is 2.34. The van der Waals surface area contributed by atoms with Crippen molar-refractivity contribution >= 4 is 28.9 Å². The van der Waals surface area contributed by atoms with Crippen LogP contribution in [-0.2, 0) is 0 Å². The molecule has 0 aliphatic rings. The van der Waals surface area contributed by atoms with Gasteiger partial charge in [0.1, 0.15) is 0 Å². The summed E-state index contributed by atoms with van der Waals surface area (Å²) in [6, 6.07) is 8.45. The van der Waals surface area contributed by atoms with Crippen molar-refractivity contribution in [3.05, 3.63) is 52.3 Å². The van der Waals surface area contributed by atoms with E-state index in [-0.39, 0.29) is 5.56 Å². The van der Waals surface area contributed by atoms with Gasteiger partial charge in [-0.2, -0.15) is 0 Å². The molecule has 1 aromatic heterocycles. The number of carboxylic acids is 1. The van der Waals surface area contributed by atoms with E-state index >= 15 is 0 Å². The predicted molar refractivity (Wildman–Crippen MR) is 75.4 cm³/mol. The molecular weight excluding hydrogens is 264 g/mol. The average molecular weight is 277 g/mol. The maximum Gasteiger partial charge on any atom is 0.337 e. The third-order valence-electron chi connectivity index (χ3n) is 2.71. The van der Waals surface area contributed by atoms with Crippen LogP contribution in [0.1, 0.15) is 21.7 Å². The number of rotatable bonds is 3. The highest BCUT2D eigenvalue weighted by Crippen LogP contribution is 2.25. The van der Waals surface area contributed by atoms with Crippen LogP contribution in [0.4, 0.5) is 11.4 Å². The molecule has 0 spiro atoms. The number of hydrogen-bond donors (Lipinski definition) is 2. The zero-order valence-electron chi connectivity index (χ0n) is 10.6. The number of aryl methyl sites for hydroxylation is 2. The van der Waals surface area contributed by atoms with Crippen molar-refractivity contribution in [2.75, 3.05) is 5.32 Å². The van der Waals surface area contributed by atoms with Crippen LogP contribution in [0.15, 0.2) is 30.3 Å². The summed E-state index contributed by atoms with van der Waals surface area (Å²) < 4.78 is 0. The third-order valence-corrected chi connectivity index (χ3v) is 2.94. The van der Waals surface area contributed by atoms with Gasteiger partial charge in [0.15, 0.2) is 0 Å². The summed E-state index contributed by atoms with van der Waals surface area (Å²) in [6.45, 7) is 3.77. The van der Waals surface area contributed by atoms with Crippen LogP contribution >= 0.6 is 11.6 Å². The third kappa shape index (κ3) is 3.03. The molecule has 0 radical (unpaired) electrons. The Morgan fingerprint density at radius 2 is 1.89 bits per heavy atom. The first kappa shape index (κ1) is 13.4. The Morgan fingerprint density at radius 3 is 2.53 bits per heavy atom. The summed E-state index contributed by atoms with van der Waals surface area (Å²) in [5.74, 6) is -1.03. The molecule has 0 saturated heterocycles. The fourth-order valence-corrected chi connectivity index (χ4v) is 1.94. The van der Waals surface area contributed by atoms with E-state index in [2.05, 4.69) is 10.3 Å². The van der Waals surface area contributed by atoms with Crippen molar-refractivity contribution in [1.82, 2.24) is 4.98 Å². The van der Waals surface area contributed by atoms with Crippen molar-refractivity contribution < 1.29 is 9.90 Å². The molecular formula is C14H13ClN2O2. The predicted octanol–water partition coefficient (Wildman–Crippen LogP) is 3.79. The second-order valence-electron chi connectivity index (χ2n) is 4.21. The van der Waals surface area contributed by atoms with Gasteiger partial charge in [-0.1, -0.05) is 11.6 Å². The highest BCUT2D eigenvalue weighted by atomic mass is 35.5. The summed E-state index contributed by atoms with van der Waals surface area (Å²) >= 11 is 5.81. The molecule has 98 valence electrons. The Morgan fingerprint density at radius 1 is 1.21 bits per heavy atom. The van der Waals surface area contributed by atoms with E-state index in [9.17, 15) is 4.79 Å². The van der Waals surface area contributed by atoms with E-state index in [0.717, 1.165) is 17.1 Å². The van der Waals surface area contributed by atoms with Crippen LogP contribution < -0.4 is 5.32 Å². The molecule has 5 heteroatoms. The van der Waals surface area contributed by atoms with Gasteiger partial charge in [0, 0.05) is 10.7 Å². The molecule has 1 heterocycles. The van der Waals surface area contributed by atoms with Crippen molar-refractivity contribution in [2.45, 2.75) is 13.8 Å². The normalized spacial score (nSPS) is 10.3. The summed E-state index contributed by atoms with van der Waals surface area (Å²) in [7, 11) is 0. The lowest BCUT2D eigenvalue weighted by Crippen LogP contribution is -2.04. The highest BCUT2D eigenvalue weighted by Gasteiger charge is 2.11. The zero-order chi connectivity index (χ0) is 14.0. The fraction of sp³-hybridized carbons (Fsp3) is 0.143. The highest BCUT2D eigenvalue weighted by molar-refractivity contribution is 6.31. The Labute approximate surface area is 116 Å². The van der Waals surface area contributed by atoms with E-state index < -0.39 is 5.97 Å². The van der Waals surface area contributed by atoms with E-state index in [1.807, 2.05) is 26.0 Å². The van der Waals surface area contributed by atoms with Crippen LogP contribution in [0, 0.1) is 13.8 Å². The molecule has 2 N–H and O–H groups in total. The summed E-state index contributed by atoms with van der Waals surface area (Å²) in [5.41, 5.74) is 3.12. The molecule has 19 heavy (non-hydrogen) atoms. The maximum absolute atomic E-state index is 11.2. The molecule has 4 nitrogen and oxygen atoms in total. The van der Waals surface area contributed by atoms with Crippen molar-refractivity contribution in [3.8, 4) is 0 Å². The molecule has 0 atom stereocenters. The molecule has 0 bridgehead atoms. The zero-order valence-corrected chi connectivity index (χ0v) is 11.3. The van der Waals surface area contributed by atoms with Crippen molar-refractivity contribution in [3.63, 3.8) is 0 Å². The lowest BCUT2D eigenvalue weighted by molar-refractivity contribution is 0.0698. The SMILES string of the molecule is Cc1ccc(Nc2ccc(Cl)cc2C(=O)O)c(C)n1. The van der Waals surface area contributed by atoms with Crippen LogP contribution in [0.5, 0.6) is 0 Å². The number of aromatic nitrogens is 1. The number of nitrogens with zero attached hydrogens (tertiary/aromatic N) is 1. The fourth-order valence-electron chi connectivity index (χ4n) is 1.77. The molecule has 0 saturated carbocycles. The first-order chi connectivity index (χ1) is 8.97. The second kappa shape index (κ2) is 5.28. The van der Waals surface area contributed by atoms with Gasteiger partial charge in [-0.15, -0.1) is 0 Å². The van der Waals surface area contributed by atoms with E-state index in [1.54, 1.807) is 12.1 Å². The number of aromatic carboxylic acids is 1. The number of carboxylic acid groups (broad SMARTS) is 1. The van der Waals surface area contributed by atoms with Crippen LogP contribution in [0.2, 0.25) is 5.02 Å². The van der Waals surface area contributed by atoms with Gasteiger partial charge in [0.05, 0.1) is 22.6 Å². The molecule has 1 aromatic carbocycles. The minimum absolute atomic E-state index is 0.132. The molecule has 0 amide bonds. The van der Waals surface area contributed by atoms with Gasteiger partial charge in [-0.05, 0) is 44.2 Å². The standard InChI is InChI=1S/C14H13ClN2O2/c1-8-3-5-12(9(2)16-8)17-13-6-4-10(15)7-11(13)14(18)19/h3-7,17H,1-2H3,(H,18,19). The molecule has 0 fully saturated rings. The van der Waals surface area contributed by atoms with Crippen LogP contribution in [0.3, 0.4) is 0 Å². The Hall–Kier alpha value is -2.07. The Kier molecular flexibility index (Phi) is 3.71. The molecule has 0 aliphatic carbocycles. The number of halogens is 1. The maximum atomic E-state index is 11.2. The van der Waals surface area contributed by atoms with Gasteiger partial charge in [-0.3, -0.25) is 4.98 Å². The van der Waals surface area contributed by atoms with Gasteiger partial charge in [0.25, 0.3) is 0 Å². The number of hydrogen-bond acceptors (Lipinski definition) is 3. The first-order valence-corrected chi connectivity index (χ1v) is 6.09. The molecule has 0 aliphatic heterocycles. The van der Waals surface area contributed by atoms with Crippen molar-refractivity contribution in [2.24, 2.45) is 0 Å². The van der Waals surface area contributed by atoms with Crippen LogP contribution in [0.25, 0.3) is 0 Å². The van der Waals surface area contributed by atoms with Gasteiger partial charge in [0.2, 0.25) is 0 Å². The number of anilines is 2. The number of nitrogens with one attached hydrogen (secondary N) is 1. The monoisotopic (exact) mass is 276 g/mol. The van der Waals surface area contributed by atoms with Gasteiger partial charge < -0.3 is 10.4 Å². The molecule has 2 aromatic rings.